The lowest BCUT2D eigenvalue weighted by atomic mass is 10.00. The molecule has 1 atom stereocenters. The predicted octanol–water partition coefficient (Wildman–Crippen LogP) is 1.36. The number of piperidine rings is 1. The minimum Gasteiger partial charge on any atom is -0.481 e. The molecule has 0 radical (unpaired) electrons. The number of ether oxygens (including phenoxy) is 1. The highest BCUT2D eigenvalue weighted by atomic mass is 16.5. The van der Waals surface area contributed by atoms with Crippen LogP contribution in [0.2, 0.25) is 0 Å². The summed E-state index contributed by atoms with van der Waals surface area (Å²) < 4.78 is 4.99. The van der Waals surface area contributed by atoms with Crippen LogP contribution in [0.15, 0.2) is 12.4 Å². The van der Waals surface area contributed by atoms with Gasteiger partial charge in [-0.1, -0.05) is 6.92 Å². The number of carbonyl (C=O) groups is 1. The van der Waals surface area contributed by atoms with Gasteiger partial charge >= 0.3 is 0 Å². The Bertz CT molecular complexity index is 408. The highest BCUT2D eigenvalue weighted by Crippen LogP contribution is 2.18. The van der Waals surface area contributed by atoms with Gasteiger partial charge in [-0.25, -0.2) is 9.97 Å². The Hall–Kier alpha value is -1.65. The van der Waals surface area contributed by atoms with E-state index in [0.717, 1.165) is 19.5 Å². The normalized spacial score (nSPS) is 20.1. The van der Waals surface area contributed by atoms with Crippen molar-refractivity contribution in [1.29, 1.82) is 0 Å². The van der Waals surface area contributed by atoms with Crippen molar-refractivity contribution in [2.45, 2.75) is 19.8 Å². The third kappa shape index (κ3) is 2.72. The van der Waals surface area contributed by atoms with Gasteiger partial charge in [0.1, 0.15) is 12.0 Å². The largest absolute Gasteiger partial charge is 0.481 e. The molecule has 0 spiro atoms. The number of hydrogen-bond acceptors (Lipinski definition) is 4. The number of rotatable bonds is 2. The van der Waals surface area contributed by atoms with Crippen LogP contribution < -0.4 is 4.74 Å². The van der Waals surface area contributed by atoms with Crippen LogP contribution in [-0.2, 0) is 0 Å². The molecule has 1 fully saturated rings. The van der Waals surface area contributed by atoms with E-state index in [1.54, 1.807) is 6.07 Å². The number of carbonyl (C=O) groups excluding carboxylic acids is 1. The van der Waals surface area contributed by atoms with Gasteiger partial charge in [0.25, 0.3) is 5.91 Å². The molecule has 0 aliphatic carbocycles. The SMILES string of the molecule is COc1cc(C(=O)N2CCCC(C)C2)ncn1. The molecule has 1 amide bonds. The molecule has 1 aromatic heterocycles. The average Bonchev–Trinajstić information content (AvgIpc) is 2.38. The number of amides is 1. The van der Waals surface area contributed by atoms with E-state index in [1.807, 2.05) is 4.90 Å². The Kier molecular flexibility index (Phi) is 3.56. The minimum atomic E-state index is -0.0303. The molecule has 5 nitrogen and oxygen atoms in total. The first-order chi connectivity index (χ1) is 8.20. The Labute approximate surface area is 101 Å². The van der Waals surface area contributed by atoms with Crippen LogP contribution in [0.5, 0.6) is 5.88 Å². The van der Waals surface area contributed by atoms with Gasteiger partial charge in [0.2, 0.25) is 5.88 Å². The Balaban J connectivity index is 2.12. The smallest absolute Gasteiger partial charge is 0.272 e. The van der Waals surface area contributed by atoms with E-state index in [9.17, 15) is 4.79 Å². The maximum absolute atomic E-state index is 12.2. The Morgan fingerprint density at radius 3 is 3.06 bits per heavy atom. The molecule has 5 heteroatoms. The van der Waals surface area contributed by atoms with Crippen LogP contribution in [-0.4, -0.2) is 41.0 Å². The van der Waals surface area contributed by atoms with Crippen molar-refractivity contribution in [2.75, 3.05) is 20.2 Å². The van der Waals surface area contributed by atoms with E-state index in [-0.39, 0.29) is 5.91 Å². The molecule has 92 valence electrons. The molecule has 1 aromatic rings. The third-order valence-electron chi connectivity index (χ3n) is 3.01. The molecule has 1 aliphatic rings. The number of nitrogens with zero attached hydrogens (tertiary/aromatic N) is 3. The van der Waals surface area contributed by atoms with Crippen LogP contribution in [0.4, 0.5) is 0 Å². The first-order valence-corrected chi connectivity index (χ1v) is 5.86. The molecule has 17 heavy (non-hydrogen) atoms. The maximum atomic E-state index is 12.2. The zero-order valence-electron chi connectivity index (χ0n) is 10.2. The Morgan fingerprint density at radius 2 is 2.35 bits per heavy atom. The molecular formula is C12H17N3O2. The van der Waals surface area contributed by atoms with Crippen molar-refractivity contribution in [3.8, 4) is 5.88 Å². The van der Waals surface area contributed by atoms with Crippen LogP contribution in [0.1, 0.15) is 30.3 Å². The van der Waals surface area contributed by atoms with Crippen molar-refractivity contribution >= 4 is 5.91 Å². The van der Waals surface area contributed by atoms with Gasteiger partial charge in [0, 0.05) is 19.2 Å². The highest BCUT2D eigenvalue weighted by molar-refractivity contribution is 5.92. The molecule has 2 rings (SSSR count). The van der Waals surface area contributed by atoms with E-state index in [4.69, 9.17) is 4.74 Å². The molecule has 1 unspecified atom stereocenters. The second-order valence-electron chi connectivity index (χ2n) is 4.44. The van der Waals surface area contributed by atoms with Crippen molar-refractivity contribution in [3.63, 3.8) is 0 Å². The van der Waals surface area contributed by atoms with Crippen LogP contribution in [0.25, 0.3) is 0 Å². The molecule has 0 aromatic carbocycles. The second-order valence-corrected chi connectivity index (χ2v) is 4.44. The quantitative estimate of drug-likeness (QED) is 0.776. The zero-order valence-corrected chi connectivity index (χ0v) is 10.2. The maximum Gasteiger partial charge on any atom is 0.272 e. The summed E-state index contributed by atoms with van der Waals surface area (Å²) in [5, 5.41) is 0. The van der Waals surface area contributed by atoms with E-state index in [0.29, 0.717) is 17.5 Å². The predicted molar refractivity (Wildman–Crippen MR) is 62.9 cm³/mol. The molecule has 0 bridgehead atoms. The topological polar surface area (TPSA) is 55.3 Å². The van der Waals surface area contributed by atoms with E-state index in [1.165, 1.54) is 19.9 Å². The average molecular weight is 235 g/mol. The van der Waals surface area contributed by atoms with Gasteiger partial charge in [0.15, 0.2) is 0 Å². The van der Waals surface area contributed by atoms with E-state index < -0.39 is 0 Å². The molecule has 0 saturated carbocycles. The van der Waals surface area contributed by atoms with E-state index >= 15 is 0 Å². The van der Waals surface area contributed by atoms with Crippen molar-refractivity contribution < 1.29 is 9.53 Å². The Morgan fingerprint density at radius 1 is 1.53 bits per heavy atom. The van der Waals surface area contributed by atoms with Crippen LogP contribution >= 0.6 is 0 Å². The van der Waals surface area contributed by atoms with Crippen LogP contribution in [0.3, 0.4) is 0 Å². The van der Waals surface area contributed by atoms with Crippen molar-refractivity contribution in [2.24, 2.45) is 5.92 Å². The lowest BCUT2D eigenvalue weighted by Gasteiger charge is -2.30. The summed E-state index contributed by atoms with van der Waals surface area (Å²) in [5.41, 5.74) is 0.408. The number of aromatic nitrogens is 2. The standard InChI is InChI=1S/C12H17N3O2/c1-9-4-3-5-15(7-9)12(16)10-6-11(17-2)14-8-13-10/h6,8-9H,3-5,7H2,1-2H3. The summed E-state index contributed by atoms with van der Waals surface area (Å²) in [6.07, 6.45) is 3.62. The van der Waals surface area contributed by atoms with Gasteiger partial charge in [-0.05, 0) is 18.8 Å². The fourth-order valence-electron chi connectivity index (χ4n) is 2.10. The van der Waals surface area contributed by atoms with Crippen LogP contribution in [0, 0.1) is 5.92 Å². The number of methoxy groups -OCH3 is 1. The van der Waals surface area contributed by atoms with Gasteiger partial charge in [-0.15, -0.1) is 0 Å². The molecular weight excluding hydrogens is 218 g/mol. The first kappa shape index (κ1) is 11.8. The molecule has 2 heterocycles. The lowest BCUT2D eigenvalue weighted by Crippen LogP contribution is -2.39. The van der Waals surface area contributed by atoms with E-state index in [2.05, 4.69) is 16.9 Å². The second kappa shape index (κ2) is 5.12. The lowest BCUT2D eigenvalue weighted by molar-refractivity contribution is 0.0676. The van der Waals surface area contributed by atoms with Gasteiger partial charge in [-0.2, -0.15) is 0 Å². The summed E-state index contributed by atoms with van der Waals surface area (Å²) in [4.78, 5) is 22.0. The molecule has 1 aliphatic heterocycles. The summed E-state index contributed by atoms with van der Waals surface area (Å²) >= 11 is 0. The van der Waals surface area contributed by atoms with Crippen molar-refractivity contribution in [1.82, 2.24) is 14.9 Å². The summed E-state index contributed by atoms with van der Waals surface area (Å²) in [6.45, 7) is 3.79. The number of likely N-dealkylation sites (tertiary alicyclic amines) is 1. The summed E-state index contributed by atoms with van der Waals surface area (Å²) in [6, 6.07) is 1.58. The first-order valence-electron chi connectivity index (χ1n) is 5.86. The number of hydrogen-bond donors (Lipinski definition) is 0. The fraction of sp³-hybridized carbons (Fsp3) is 0.583. The summed E-state index contributed by atoms with van der Waals surface area (Å²) in [7, 11) is 1.53. The molecule has 0 N–H and O–H groups in total. The monoisotopic (exact) mass is 235 g/mol. The molecule has 1 saturated heterocycles. The third-order valence-corrected chi connectivity index (χ3v) is 3.01. The van der Waals surface area contributed by atoms with Crippen molar-refractivity contribution in [3.05, 3.63) is 18.1 Å². The highest BCUT2D eigenvalue weighted by Gasteiger charge is 2.23. The minimum absolute atomic E-state index is 0.0303. The van der Waals surface area contributed by atoms with Gasteiger partial charge in [0.05, 0.1) is 7.11 Å². The zero-order chi connectivity index (χ0) is 12.3. The summed E-state index contributed by atoms with van der Waals surface area (Å²) in [5.74, 6) is 0.960. The van der Waals surface area contributed by atoms with Gasteiger partial charge in [-0.3, -0.25) is 4.79 Å². The fourth-order valence-corrected chi connectivity index (χ4v) is 2.10. The van der Waals surface area contributed by atoms with Gasteiger partial charge < -0.3 is 9.64 Å².